The maximum absolute atomic E-state index is 10.4. The zero-order chi connectivity index (χ0) is 12.5. The second kappa shape index (κ2) is 4.85. The molecule has 0 spiro atoms. The summed E-state index contributed by atoms with van der Waals surface area (Å²) < 4.78 is 2.75. The van der Waals surface area contributed by atoms with Gasteiger partial charge in [-0.25, -0.2) is 0 Å². The lowest BCUT2D eigenvalue weighted by molar-refractivity contribution is 0.00234. The van der Waals surface area contributed by atoms with Crippen molar-refractivity contribution in [1.82, 2.24) is 9.78 Å². The minimum Gasteiger partial charge on any atom is -0.388 e. The van der Waals surface area contributed by atoms with E-state index in [-0.39, 0.29) is 12.5 Å². The van der Waals surface area contributed by atoms with Gasteiger partial charge in [-0.3, -0.25) is 4.68 Å². The maximum atomic E-state index is 10.4. The highest BCUT2D eigenvalue weighted by molar-refractivity contribution is 9.10. The first kappa shape index (κ1) is 13.7. The van der Waals surface area contributed by atoms with Crippen molar-refractivity contribution in [1.29, 1.82) is 0 Å². The van der Waals surface area contributed by atoms with Gasteiger partial charge in [0, 0.05) is 20.0 Å². The van der Waals surface area contributed by atoms with Crippen molar-refractivity contribution < 1.29 is 5.11 Å². The summed E-state index contributed by atoms with van der Waals surface area (Å²) in [5.74, 6) is 0.111. The van der Waals surface area contributed by atoms with Crippen molar-refractivity contribution in [2.45, 2.75) is 32.8 Å². The Morgan fingerprint density at radius 2 is 2.12 bits per heavy atom. The van der Waals surface area contributed by atoms with Crippen molar-refractivity contribution >= 4 is 15.9 Å². The van der Waals surface area contributed by atoms with Crippen molar-refractivity contribution in [3.8, 4) is 0 Å². The van der Waals surface area contributed by atoms with Gasteiger partial charge >= 0.3 is 0 Å². The summed E-state index contributed by atoms with van der Waals surface area (Å²) in [6.45, 7) is 6.14. The highest BCUT2D eigenvalue weighted by atomic mass is 79.9. The molecule has 0 fully saturated rings. The van der Waals surface area contributed by atoms with Crippen LogP contribution in [0.4, 0.5) is 0 Å². The number of hydrogen-bond donors (Lipinski definition) is 2. The van der Waals surface area contributed by atoms with Gasteiger partial charge < -0.3 is 10.8 Å². The van der Waals surface area contributed by atoms with E-state index in [1.807, 2.05) is 27.8 Å². The average molecular weight is 290 g/mol. The molecule has 0 aromatic carbocycles. The first-order valence-electron chi connectivity index (χ1n) is 5.42. The minimum atomic E-state index is -0.872. The van der Waals surface area contributed by atoms with Gasteiger partial charge in [0.2, 0.25) is 0 Å². The van der Waals surface area contributed by atoms with Gasteiger partial charge in [-0.05, 0) is 28.8 Å². The summed E-state index contributed by atoms with van der Waals surface area (Å²) in [5, 5.41) is 14.7. The monoisotopic (exact) mass is 289 g/mol. The van der Waals surface area contributed by atoms with Crippen LogP contribution in [0.15, 0.2) is 4.47 Å². The molecule has 16 heavy (non-hydrogen) atoms. The first-order valence-corrected chi connectivity index (χ1v) is 6.21. The van der Waals surface area contributed by atoms with Crippen LogP contribution in [0.25, 0.3) is 0 Å². The fourth-order valence-corrected chi connectivity index (χ4v) is 2.15. The molecule has 0 saturated heterocycles. The molecule has 3 N–H and O–H groups in total. The third-order valence-electron chi connectivity index (χ3n) is 3.16. The van der Waals surface area contributed by atoms with Crippen molar-refractivity contribution in [2.24, 2.45) is 18.7 Å². The molecule has 1 atom stereocenters. The van der Waals surface area contributed by atoms with Crippen LogP contribution in [0.2, 0.25) is 0 Å². The lowest BCUT2D eigenvalue weighted by Gasteiger charge is -2.30. The Hall–Kier alpha value is -0.390. The summed E-state index contributed by atoms with van der Waals surface area (Å²) >= 11 is 3.50. The summed E-state index contributed by atoms with van der Waals surface area (Å²) in [6, 6.07) is 0. The summed E-state index contributed by atoms with van der Waals surface area (Å²) in [7, 11) is 1.88. The molecule has 0 aliphatic carbocycles. The Morgan fingerprint density at radius 3 is 2.44 bits per heavy atom. The van der Waals surface area contributed by atoms with E-state index in [4.69, 9.17) is 5.73 Å². The number of aromatic nitrogens is 2. The van der Waals surface area contributed by atoms with E-state index in [0.29, 0.717) is 6.42 Å². The molecule has 4 nitrogen and oxygen atoms in total. The molecule has 92 valence electrons. The largest absolute Gasteiger partial charge is 0.388 e. The van der Waals surface area contributed by atoms with Crippen LogP contribution in [0, 0.1) is 12.8 Å². The smallest absolute Gasteiger partial charge is 0.0847 e. The molecular formula is C11H20BrN3O. The molecular weight excluding hydrogens is 270 g/mol. The molecule has 0 radical (unpaired) electrons. The number of nitrogens with two attached hydrogens (primary N) is 1. The second-order valence-corrected chi connectivity index (χ2v) is 5.40. The lowest BCUT2D eigenvalue weighted by atomic mass is 9.86. The van der Waals surface area contributed by atoms with E-state index in [9.17, 15) is 5.11 Å². The standard InChI is InChI=1S/C11H20BrN3O/c1-7(2)11(16,6-13)5-9-10(12)8(3)14-15(9)4/h7,16H,5-6,13H2,1-4H3. The molecule has 1 rings (SSSR count). The maximum Gasteiger partial charge on any atom is 0.0847 e. The highest BCUT2D eigenvalue weighted by Gasteiger charge is 2.32. The normalized spacial score (nSPS) is 15.5. The summed E-state index contributed by atoms with van der Waals surface area (Å²) in [5.41, 5.74) is 6.71. The van der Waals surface area contributed by atoms with Gasteiger partial charge in [0.1, 0.15) is 0 Å². The van der Waals surface area contributed by atoms with Crippen molar-refractivity contribution in [2.75, 3.05) is 6.54 Å². The zero-order valence-corrected chi connectivity index (χ0v) is 11.9. The first-order chi connectivity index (χ1) is 7.31. The molecule has 0 bridgehead atoms. The molecule has 0 amide bonds. The Bertz CT molecular complexity index is 376. The van der Waals surface area contributed by atoms with E-state index >= 15 is 0 Å². The van der Waals surface area contributed by atoms with Crippen molar-refractivity contribution in [3.63, 3.8) is 0 Å². The molecule has 1 unspecified atom stereocenters. The van der Waals surface area contributed by atoms with Crippen LogP contribution in [0.3, 0.4) is 0 Å². The van der Waals surface area contributed by atoms with Gasteiger partial charge in [0.15, 0.2) is 0 Å². The predicted octanol–water partition coefficient (Wildman–Crippen LogP) is 1.38. The van der Waals surface area contributed by atoms with Crippen LogP contribution < -0.4 is 5.73 Å². The average Bonchev–Trinajstić information content (AvgIpc) is 2.44. The summed E-state index contributed by atoms with van der Waals surface area (Å²) in [4.78, 5) is 0. The quantitative estimate of drug-likeness (QED) is 0.880. The van der Waals surface area contributed by atoms with Crippen LogP contribution in [-0.4, -0.2) is 27.0 Å². The zero-order valence-electron chi connectivity index (χ0n) is 10.3. The lowest BCUT2D eigenvalue weighted by Crippen LogP contribution is -2.45. The van der Waals surface area contributed by atoms with Gasteiger partial charge in [-0.2, -0.15) is 5.10 Å². The third kappa shape index (κ3) is 2.47. The number of aryl methyl sites for hydroxylation is 2. The van der Waals surface area contributed by atoms with E-state index in [2.05, 4.69) is 21.0 Å². The fourth-order valence-electron chi connectivity index (χ4n) is 1.67. The van der Waals surface area contributed by atoms with Gasteiger partial charge in [-0.1, -0.05) is 13.8 Å². The summed E-state index contributed by atoms with van der Waals surface area (Å²) in [6.07, 6.45) is 0.513. The topological polar surface area (TPSA) is 64.1 Å². The predicted molar refractivity (Wildman–Crippen MR) is 68.2 cm³/mol. The van der Waals surface area contributed by atoms with E-state index in [1.54, 1.807) is 4.68 Å². The van der Waals surface area contributed by atoms with Crippen molar-refractivity contribution in [3.05, 3.63) is 15.9 Å². The number of nitrogens with zero attached hydrogens (tertiary/aromatic N) is 2. The van der Waals surface area contributed by atoms with Crippen LogP contribution in [0.5, 0.6) is 0 Å². The number of aliphatic hydroxyl groups is 1. The molecule has 1 aromatic rings. The minimum absolute atomic E-state index is 0.111. The molecule has 0 aliphatic rings. The number of halogens is 1. The third-order valence-corrected chi connectivity index (χ3v) is 4.19. The SMILES string of the molecule is Cc1nn(C)c(CC(O)(CN)C(C)C)c1Br. The molecule has 5 heteroatoms. The van der Waals surface area contributed by atoms with E-state index in [1.165, 1.54) is 0 Å². The Kier molecular flexibility index (Phi) is 4.15. The van der Waals surface area contributed by atoms with Gasteiger partial charge in [0.25, 0.3) is 0 Å². The van der Waals surface area contributed by atoms with E-state index in [0.717, 1.165) is 15.9 Å². The Labute approximate surface area is 105 Å². The molecule has 0 aliphatic heterocycles. The molecule has 1 aromatic heterocycles. The van der Waals surface area contributed by atoms with Crippen LogP contribution >= 0.6 is 15.9 Å². The molecule has 0 saturated carbocycles. The highest BCUT2D eigenvalue weighted by Crippen LogP contribution is 2.27. The van der Waals surface area contributed by atoms with Gasteiger partial charge in [0.05, 0.1) is 21.5 Å². The number of hydrogen-bond acceptors (Lipinski definition) is 3. The van der Waals surface area contributed by atoms with Gasteiger partial charge in [-0.15, -0.1) is 0 Å². The number of rotatable bonds is 4. The Balaban J connectivity index is 3.03. The molecule has 1 heterocycles. The second-order valence-electron chi connectivity index (χ2n) is 4.61. The van der Waals surface area contributed by atoms with Crippen LogP contribution in [-0.2, 0) is 13.5 Å². The Morgan fingerprint density at radius 1 is 1.56 bits per heavy atom. The van der Waals surface area contributed by atoms with E-state index < -0.39 is 5.60 Å². The van der Waals surface area contributed by atoms with Crippen LogP contribution in [0.1, 0.15) is 25.2 Å². The fraction of sp³-hybridized carbons (Fsp3) is 0.727.